The van der Waals surface area contributed by atoms with Gasteiger partial charge in [-0.25, -0.2) is 0 Å². The Labute approximate surface area is 190 Å². The average molecular weight is 440 g/mol. The van der Waals surface area contributed by atoms with Crippen LogP contribution in [0.1, 0.15) is 136 Å². The van der Waals surface area contributed by atoms with Crippen LogP contribution in [0.4, 0.5) is 0 Å². The van der Waals surface area contributed by atoms with Gasteiger partial charge in [0.1, 0.15) is 0 Å². The molecule has 0 saturated carbocycles. The number of unbranched alkanes of at least 4 members (excludes halogenated alkanes) is 15. The van der Waals surface area contributed by atoms with Crippen molar-refractivity contribution in [2.75, 3.05) is 0 Å². The third-order valence-corrected chi connectivity index (χ3v) is 9.57. The molecule has 0 rings (SSSR count). The van der Waals surface area contributed by atoms with E-state index in [1.807, 2.05) is 0 Å². The van der Waals surface area contributed by atoms with Crippen molar-refractivity contribution in [2.45, 2.75) is 152 Å². The molecule has 0 unspecified atom stereocenters. The predicted molar refractivity (Wildman–Crippen MR) is 135 cm³/mol. The summed E-state index contributed by atoms with van der Waals surface area (Å²) in [6, 6.07) is 0. The molecule has 0 aromatic heterocycles. The van der Waals surface area contributed by atoms with Gasteiger partial charge in [-0.2, -0.15) is 0 Å². The average Bonchev–Trinajstić information content (AvgIpc) is 2.63. The quantitative estimate of drug-likeness (QED) is 0.123. The molecular formula is C24H53AlCl2. The van der Waals surface area contributed by atoms with Gasteiger partial charge in [0.05, 0.1) is 0 Å². The Morgan fingerprint density at radius 3 is 0.815 bits per heavy atom. The Morgan fingerprint density at radius 1 is 0.333 bits per heavy atom. The van der Waals surface area contributed by atoms with Gasteiger partial charge in [-0.15, -0.1) is 24.8 Å². The maximum atomic E-state index is 2.32. The molecule has 0 saturated heterocycles. The molecule has 0 fully saturated rings. The van der Waals surface area contributed by atoms with E-state index in [2.05, 4.69) is 20.8 Å². The van der Waals surface area contributed by atoms with Crippen LogP contribution in [-0.2, 0) is 0 Å². The lowest BCUT2D eigenvalue weighted by Crippen LogP contribution is -2.12. The van der Waals surface area contributed by atoms with Crippen LogP contribution in [-0.4, -0.2) is 14.1 Å². The fraction of sp³-hybridized carbons (Fsp3) is 1.00. The molecule has 0 aliphatic heterocycles. The van der Waals surface area contributed by atoms with Crippen LogP contribution < -0.4 is 0 Å². The van der Waals surface area contributed by atoms with E-state index in [1.54, 1.807) is 35.1 Å². The summed E-state index contributed by atoms with van der Waals surface area (Å²) in [7, 11) is 0. The Balaban J connectivity index is -0.00000288. The second-order valence-electron chi connectivity index (χ2n) is 8.54. The summed E-state index contributed by atoms with van der Waals surface area (Å²) < 4.78 is 0. The number of hydrogen-bond acceptors (Lipinski definition) is 0. The number of hydrogen-bond donors (Lipinski definition) is 0. The van der Waals surface area contributed by atoms with Crippen LogP contribution in [0.2, 0.25) is 15.8 Å². The van der Waals surface area contributed by atoms with E-state index in [0.717, 1.165) is 0 Å². The molecule has 0 N–H and O–H groups in total. The molecule has 0 bridgehead atoms. The van der Waals surface area contributed by atoms with Crippen molar-refractivity contribution < 1.29 is 0 Å². The third kappa shape index (κ3) is 27.1. The highest BCUT2D eigenvalue weighted by atomic mass is 35.5. The minimum absolute atomic E-state index is 0. The second kappa shape index (κ2) is 29.3. The molecule has 166 valence electrons. The zero-order chi connectivity index (χ0) is 18.4. The van der Waals surface area contributed by atoms with Gasteiger partial charge in [0.25, 0.3) is 14.1 Å². The second-order valence-corrected chi connectivity index (χ2v) is 12.0. The van der Waals surface area contributed by atoms with Crippen LogP contribution in [0.3, 0.4) is 0 Å². The molecular weight excluding hydrogens is 386 g/mol. The summed E-state index contributed by atoms with van der Waals surface area (Å²) in [6.07, 6.45) is 26.7. The van der Waals surface area contributed by atoms with E-state index in [4.69, 9.17) is 0 Å². The first-order chi connectivity index (χ1) is 12.3. The van der Waals surface area contributed by atoms with E-state index >= 15 is 0 Å². The van der Waals surface area contributed by atoms with Gasteiger partial charge < -0.3 is 0 Å². The Morgan fingerprint density at radius 2 is 0.556 bits per heavy atom. The topological polar surface area (TPSA) is 0 Å². The lowest BCUT2D eigenvalue weighted by molar-refractivity contribution is 0.610. The normalized spacial score (nSPS) is 10.3. The molecule has 0 aromatic rings. The summed E-state index contributed by atoms with van der Waals surface area (Å²) in [5, 5.41) is 4.99. The van der Waals surface area contributed by atoms with Crippen molar-refractivity contribution in [3.05, 3.63) is 0 Å². The lowest BCUT2D eigenvalue weighted by atomic mass is 10.1. The molecule has 0 radical (unpaired) electrons. The van der Waals surface area contributed by atoms with Gasteiger partial charge in [-0.05, 0) is 0 Å². The maximum absolute atomic E-state index is 2.32. The van der Waals surface area contributed by atoms with Crippen molar-refractivity contribution in [3.8, 4) is 0 Å². The fourth-order valence-electron chi connectivity index (χ4n) is 4.07. The third-order valence-electron chi connectivity index (χ3n) is 5.90. The SMILES string of the molecule is CCCCCCC[CH2][Al]([CH2]CCCCCCC)[CH2]CCCCCCC.Cl.Cl. The molecule has 0 nitrogen and oxygen atoms in total. The molecule has 0 heterocycles. The van der Waals surface area contributed by atoms with Crippen LogP contribution in [0, 0.1) is 0 Å². The standard InChI is InChI=1S/3C8H17.Al.2ClH/c3*1-3-5-7-8-6-4-2;;;/h3*1,3-8H2,2H3;;2*1H. The molecule has 3 heteroatoms. The van der Waals surface area contributed by atoms with Crippen molar-refractivity contribution in [2.24, 2.45) is 0 Å². The van der Waals surface area contributed by atoms with E-state index in [9.17, 15) is 0 Å². The smallest absolute Gasteiger partial charge is 0.147 e. The maximum Gasteiger partial charge on any atom is 0.261 e. The molecule has 0 atom stereocenters. The summed E-state index contributed by atoms with van der Waals surface area (Å²) in [4.78, 5) is 0. The van der Waals surface area contributed by atoms with Crippen molar-refractivity contribution in [3.63, 3.8) is 0 Å². The van der Waals surface area contributed by atoms with Crippen molar-refractivity contribution in [1.82, 2.24) is 0 Å². The monoisotopic (exact) mass is 438 g/mol. The van der Waals surface area contributed by atoms with Gasteiger partial charge in [-0.1, -0.05) is 152 Å². The Hall–Kier alpha value is 1.11. The summed E-state index contributed by atoms with van der Waals surface area (Å²) in [5.41, 5.74) is 0. The zero-order valence-corrected chi connectivity index (χ0v) is 22.0. The van der Waals surface area contributed by atoms with Crippen molar-refractivity contribution >= 4 is 39.0 Å². The fourth-order valence-corrected chi connectivity index (χ4v) is 7.54. The first-order valence-electron chi connectivity index (χ1n) is 12.3. The molecule has 0 aromatic carbocycles. The molecule has 0 aliphatic rings. The first-order valence-corrected chi connectivity index (χ1v) is 14.8. The van der Waals surface area contributed by atoms with Gasteiger partial charge in [0, 0.05) is 0 Å². The molecule has 0 amide bonds. The van der Waals surface area contributed by atoms with Crippen LogP contribution >= 0.6 is 24.8 Å². The highest BCUT2D eigenvalue weighted by Gasteiger charge is 2.15. The summed E-state index contributed by atoms with van der Waals surface area (Å²) >= 11 is -0.410. The van der Waals surface area contributed by atoms with Crippen molar-refractivity contribution in [1.29, 1.82) is 0 Å². The Kier molecular flexibility index (Phi) is 35.6. The number of halogens is 2. The van der Waals surface area contributed by atoms with Gasteiger partial charge in [-0.3, -0.25) is 0 Å². The minimum Gasteiger partial charge on any atom is -0.147 e. The Bertz CT molecular complexity index is 198. The first kappa shape index (κ1) is 32.8. The van der Waals surface area contributed by atoms with Gasteiger partial charge in [0.15, 0.2) is 0 Å². The van der Waals surface area contributed by atoms with E-state index in [0.29, 0.717) is 0 Å². The zero-order valence-electron chi connectivity index (χ0n) is 19.2. The van der Waals surface area contributed by atoms with Gasteiger partial charge in [0.2, 0.25) is 0 Å². The largest absolute Gasteiger partial charge is 0.261 e. The minimum atomic E-state index is -0.410. The molecule has 0 spiro atoms. The molecule has 27 heavy (non-hydrogen) atoms. The van der Waals surface area contributed by atoms with Crippen LogP contribution in [0.15, 0.2) is 0 Å². The van der Waals surface area contributed by atoms with E-state index in [1.165, 1.54) is 96.3 Å². The number of rotatable bonds is 21. The highest BCUT2D eigenvalue weighted by molar-refractivity contribution is 6.58. The summed E-state index contributed by atoms with van der Waals surface area (Å²) in [6.45, 7) is 6.97. The van der Waals surface area contributed by atoms with Gasteiger partial charge >= 0.3 is 0 Å². The predicted octanol–water partition coefficient (Wildman–Crippen LogP) is 10.4. The summed E-state index contributed by atoms with van der Waals surface area (Å²) in [5.74, 6) is 0. The van der Waals surface area contributed by atoms with E-state index in [-0.39, 0.29) is 24.8 Å². The lowest BCUT2D eigenvalue weighted by Gasteiger charge is -2.12. The van der Waals surface area contributed by atoms with E-state index < -0.39 is 14.1 Å². The van der Waals surface area contributed by atoms with Crippen LogP contribution in [0.25, 0.3) is 0 Å². The highest BCUT2D eigenvalue weighted by Crippen LogP contribution is 2.20. The molecule has 0 aliphatic carbocycles. The van der Waals surface area contributed by atoms with Crippen LogP contribution in [0.5, 0.6) is 0 Å².